The van der Waals surface area contributed by atoms with Gasteiger partial charge in [-0.15, -0.1) is 0 Å². The molecule has 6 nitrogen and oxygen atoms in total. The summed E-state index contributed by atoms with van der Waals surface area (Å²) in [5.41, 5.74) is -0.893. The second kappa shape index (κ2) is 5.75. The maximum absolute atomic E-state index is 13.0. The second-order valence-electron chi connectivity index (χ2n) is 5.49. The zero-order chi connectivity index (χ0) is 16.5. The quantitative estimate of drug-likeness (QED) is 0.676. The predicted molar refractivity (Wildman–Crippen MR) is 75.2 cm³/mol. The molecule has 0 radical (unpaired) electrons. The Hall–Kier alpha value is -2.44. The Morgan fingerprint density at radius 3 is 2.45 bits per heavy atom. The molecule has 0 aromatic heterocycles. The molecular formula is C15H17FN2O4. The number of esters is 1. The summed E-state index contributed by atoms with van der Waals surface area (Å²) in [4.78, 5) is 36.9. The van der Waals surface area contributed by atoms with Crippen molar-refractivity contribution < 1.29 is 23.5 Å². The van der Waals surface area contributed by atoms with Gasteiger partial charge in [-0.2, -0.15) is 0 Å². The van der Waals surface area contributed by atoms with Crippen LogP contribution in [0.25, 0.3) is 0 Å². The van der Waals surface area contributed by atoms with Crippen LogP contribution in [0.1, 0.15) is 26.3 Å². The standard InChI is InChI=1S/C15H17FN2O4/c1-9(2)22-12(19)8-18-13(20)15(3,17-14(18)21)10-4-6-11(16)7-5-10/h4-7,9H,8H2,1-3H3,(H,17,21)/t15-/m0/s1. The SMILES string of the molecule is CC(C)OC(=O)CN1C(=O)N[C@@](C)(c2ccc(F)cc2)C1=O. The third kappa shape index (κ3) is 2.93. The van der Waals surface area contributed by atoms with Crippen LogP contribution < -0.4 is 5.32 Å². The van der Waals surface area contributed by atoms with Crippen molar-refractivity contribution in [2.24, 2.45) is 0 Å². The van der Waals surface area contributed by atoms with Gasteiger partial charge < -0.3 is 10.1 Å². The molecule has 0 saturated carbocycles. The van der Waals surface area contributed by atoms with Crippen molar-refractivity contribution in [2.45, 2.75) is 32.4 Å². The van der Waals surface area contributed by atoms with Gasteiger partial charge in [-0.3, -0.25) is 14.5 Å². The van der Waals surface area contributed by atoms with Gasteiger partial charge in [0, 0.05) is 0 Å². The number of imide groups is 1. The van der Waals surface area contributed by atoms with E-state index in [9.17, 15) is 18.8 Å². The van der Waals surface area contributed by atoms with Gasteiger partial charge in [0.1, 0.15) is 17.9 Å². The van der Waals surface area contributed by atoms with E-state index < -0.39 is 35.8 Å². The maximum Gasteiger partial charge on any atom is 0.326 e. The average molecular weight is 308 g/mol. The molecule has 1 N–H and O–H groups in total. The van der Waals surface area contributed by atoms with Crippen LogP contribution in [0, 0.1) is 5.82 Å². The molecule has 0 bridgehead atoms. The molecule has 1 aliphatic heterocycles. The molecule has 2 rings (SSSR count). The molecule has 1 aromatic carbocycles. The summed E-state index contributed by atoms with van der Waals surface area (Å²) in [7, 11) is 0. The van der Waals surface area contributed by atoms with E-state index in [0.29, 0.717) is 5.56 Å². The van der Waals surface area contributed by atoms with E-state index in [0.717, 1.165) is 4.90 Å². The first kappa shape index (κ1) is 15.9. The molecule has 1 atom stereocenters. The highest BCUT2D eigenvalue weighted by molar-refractivity contribution is 6.08. The summed E-state index contributed by atoms with van der Waals surface area (Å²) in [6, 6.07) is 4.57. The fourth-order valence-corrected chi connectivity index (χ4v) is 2.25. The number of rotatable bonds is 4. The van der Waals surface area contributed by atoms with Gasteiger partial charge in [0.25, 0.3) is 5.91 Å². The minimum atomic E-state index is -1.33. The van der Waals surface area contributed by atoms with E-state index in [4.69, 9.17) is 4.74 Å². The molecular weight excluding hydrogens is 291 g/mol. The van der Waals surface area contributed by atoms with Crippen LogP contribution in [-0.2, 0) is 19.9 Å². The Bertz CT molecular complexity index is 614. The van der Waals surface area contributed by atoms with E-state index in [2.05, 4.69) is 5.32 Å². The van der Waals surface area contributed by atoms with Gasteiger partial charge in [-0.1, -0.05) is 12.1 Å². The highest BCUT2D eigenvalue weighted by Crippen LogP contribution is 2.28. The normalized spacial score (nSPS) is 21.2. The van der Waals surface area contributed by atoms with Crippen molar-refractivity contribution in [3.05, 3.63) is 35.6 Å². The molecule has 1 aliphatic rings. The number of amides is 3. The summed E-state index contributed by atoms with van der Waals surface area (Å²) < 4.78 is 17.9. The van der Waals surface area contributed by atoms with E-state index in [1.807, 2.05) is 0 Å². The zero-order valence-electron chi connectivity index (χ0n) is 12.6. The van der Waals surface area contributed by atoms with Gasteiger partial charge in [0.2, 0.25) is 0 Å². The molecule has 1 saturated heterocycles. The highest BCUT2D eigenvalue weighted by atomic mass is 19.1. The molecule has 1 fully saturated rings. The second-order valence-corrected chi connectivity index (χ2v) is 5.49. The van der Waals surface area contributed by atoms with Gasteiger partial charge in [0.15, 0.2) is 0 Å². The Kier molecular flexibility index (Phi) is 4.16. The summed E-state index contributed by atoms with van der Waals surface area (Å²) in [5, 5.41) is 2.53. The number of nitrogens with zero attached hydrogens (tertiary/aromatic N) is 1. The van der Waals surface area contributed by atoms with Crippen molar-refractivity contribution in [1.82, 2.24) is 10.2 Å². The van der Waals surface area contributed by atoms with Crippen molar-refractivity contribution in [1.29, 1.82) is 0 Å². The number of benzene rings is 1. The van der Waals surface area contributed by atoms with Crippen LogP contribution in [0.15, 0.2) is 24.3 Å². The van der Waals surface area contributed by atoms with Gasteiger partial charge >= 0.3 is 12.0 Å². The van der Waals surface area contributed by atoms with Crippen LogP contribution in [0.5, 0.6) is 0 Å². The first-order valence-corrected chi connectivity index (χ1v) is 6.83. The summed E-state index contributed by atoms with van der Waals surface area (Å²) in [6.45, 7) is 4.40. The van der Waals surface area contributed by atoms with Crippen LogP contribution in [-0.4, -0.2) is 35.5 Å². The Morgan fingerprint density at radius 1 is 1.32 bits per heavy atom. The number of halogens is 1. The van der Waals surface area contributed by atoms with Crippen LogP contribution in [0.2, 0.25) is 0 Å². The lowest BCUT2D eigenvalue weighted by atomic mass is 9.92. The Balaban J connectivity index is 2.20. The fourth-order valence-electron chi connectivity index (χ4n) is 2.25. The number of hydrogen-bond donors (Lipinski definition) is 1. The number of nitrogens with one attached hydrogen (secondary N) is 1. The molecule has 118 valence electrons. The molecule has 0 aliphatic carbocycles. The molecule has 3 amide bonds. The fraction of sp³-hybridized carbons (Fsp3) is 0.400. The van der Waals surface area contributed by atoms with Crippen LogP contribution >= 0.6 is 0 Å². The first-order chi connectivity index (χ1) is 10.2. The van der Waals surface area contributed by atoms with Gasteiger partial charge in [0.05, 0.1) is 6.10 Å². The summed E-state index contributed by atoms with van der Waals surface area (Å²) in [5.74, 6) is -1.69. The third-order valence-electron chi connectivity index (χ3n) is 3.35. The van der Waals surface area contributed by atoms with E-state index in [1.165, 1.54) is 31.2 Å². The molecule has 22 heavy (non-hydrogen) atoms. The monoisotopic (exact) mass is 308 g/mol. The zero-order valence-corrected chi connectivity index (χ0v) is 12.6. The number of carbonyl (C=O) groups excluding carboxylic acids is 3. The van der Waals surface area contributed by atoms with Crippen LogP contribution in [0.3, 0.4) is 0 Å². The third-order valence-corrected chi connectivity index (χ3v) is 3.35. The lowest BCUT2D eigenvalue weighted by Gasteiger charge is -2.22. The Morgan fingerprint density at radius 2 is 1.91 bits per heavy atom. The van der Waals surface area contributed by atoms with E-state index in [1.54, 1.807) is 13.8 Å². The number of hydrogen-bond acceptors (Lipinski definition) is 4. The smallest absolute Gasteiger partial charge is 0.326 e. The molecule has 0 spiro atoms. The lowest BCUT2D eigenvalue weighted by Crippen LogP contribution is -2.41. The van der Waals surface area contributed by atoms with Crippen molar-refractivity contribution in [2.75, 3.05) is 6.54 Å². The molecule has 7 heteroatoms. The lowest BCUT2D eigenvalue weighted by molar-refractivity contribution is -0.150. The van der Waals surface area contributed by atoms with Crippen molar-refractivity contribution >= 4 is 17.9 Å². The topological polar surface area (TPSA) is 75.7 Å². The number of carbonyl (C=O) groups is 3. The number of ether oxygens (including phenoxy) is 1. The summed E-state index contributed by atoms with van der Waals surface area (Å²) >= 11 is 0. The molecule has 1 aromatic rings. The predicted octanol–water partition coefficient (Wildman–Crippen LogP) is 1.54. The van der Waals surface area contributed by atoms with Gasteiger partial charge in [-0.05, 0) is 38.5 Å². The van der Waals surface area contributed by atoms with Crippen LogP contribution in [0.4, 0.5) is 9.18 Å². The van der Waals surface area contributed by atoms with E-state index >= 15 is 0 Å². The number of urea groups is 1. The van der Waals surface area contributed by atoms with Crippen molar-refractivity contribution in [3.63, 3.8) is 0 Å². The maximum atomic E-state index is 13.0. The van der Waals surface area contributed by atoms with E-state index in [-0.39, 0.29) is 6.10 Å². The minimum absolute atomic E-state index is 0.336. The van der Waals surface area contributed by atoms with Gasteiger partial charge in [-0.25, -0.2) is 9.18 Å². The highest BCUT2D eigenvalue weighted by Gasteiger charge is 2.49. The Labute approximate surface area is 127 Å². The largest absolute Gasteiger partial charge is 0.462 e. The first-order valence-electron chi connectivity index (χ1n) is 6.83. The molecule has 0 unspecified atom stereocenters. The van der Waals surface area contributed by atoms with Crippen molar-refractivity contribution in [3.8, 4) is 0 Å². The molecule has 1 heterocycles. The summed E-state index contributed by atoms with van der Waals surface area (Å²) in [6.07, 6.45) is -0.336. The average Bonchev–Trinajstić information content (AvgIpc) is 2.63. The minimum Gasteiger partial charge on any atom is -0.462 e.